The van der Waals surface area contributed by atoms with E-state index in [9.17, 15) is 4.79 Å². The Bertz CT molecular complexity index is 926. The number of rotatable bonds is 4. The van der Waals surface area contributed by atoms with Crippen LogP contribution < -0.4 is 10.4 Å². The summed E-state index contributed by atoms with van der Waals surface area (Å²) in [6, 6.07) is 13.4. The van der Waals surface area contributed by atoms with Crippen LogP contribution in [0, 0.1) is 0 Å². The molecule has 0 spiro atoms. The number of nitrogens with one attached hydrogen (secondary N) is 1. The fourth-order valence-corrected chi connectivity index (χ4v) is 3.22. The number of fused-ring (bicyclic) bond motifs is 1. The van der Waals surface area contributed by atoms with E-state index in [2.05, 4.69) is 20.9 Å². The highest BCUT2D eigenvalue weighted by Gasteiger charge is 2.21. The third kappa shape index (κ3) is 3.14. The number of hydrogen-bond donors (Lipinski definition) is 2. The second-order valence-electron chi connectivity index (χ2n) is 6.26. The number of hydroxylamine groups is 1. The van der Waals surface area contributed by atoms with Gasteiger partial charge < -0.3 is 4.90 Å². The molecule has 0 radical (unpaired) electrons. The number of nitrogens with zero attached hydrogens (tertiary/aromatic N) is 3. The van der Waals surface area contributed by atoms with Crippen LogP contribution in [0.4, 0.5) is 5.82 Å². The summed E-state index contributed by atoms with van der Waals surface area (Å²) in [5, 5.41) is 8.68. The van der Waals surface area contributed by atoms with Crippen LogP contribution in [-0.4, -0.2) is 27.6 Å². The Hall–Kier alpha value is -3.25. The minimum absolute atomic E-state index is 0.428. The normalized spacial score (nSPS) is 12.7. The van der Waals surface area contributed by atoms with E-state index in [1.165, 1.54) is 5.56 Å². The molecular formula is C20H18N4O2. The molecule has 1 aliphatic heterocycles. The molecule has 1 aliphatic rings. The van der Waals surface area contributed by atoms with Crippen molar-refractivity contribution in [1.82, 2.24) is 15.4 Å². The first-order chi connectivity index (χ1) is 12.7. The zero-order valence-electron chi connectivity index (χ0n) is 14.1. The topological polar surface area (TPSA) is 78.4 Å². The van der Waals surface area contributed by atoms with E-state index in [4.69, 9.17) is 5.21 Å². The number of carbonyl (C=O) groups excluding carboxylic acids is 1. The lowest BCUT2D eigenvalue weighted by atomic mass is 10.1. The summed E-state index contributed by atoms with van der Waals surface area (Å²) in [6.45, 7) is 1.64. The van der Waals surface area contributed by atoms with Crippen molar-refractivity contribution in [3.63, 3.8) is 0 Å². The van der Waals surface area contributed by atoms with Gasteiger partial charge in [-0.2, -0.15) is 0 Å². The average molecular weight is 346 g/mol. The van der Waals surface area contributed by atoms with E-state index in [1.54, 1.807) is 23.8 Å². The number of pyridine rings is 2. The number of benzene rings is 1. The first kappa shape index (κ1) is 16.2. The number of carbonyl (C=O) groups is 1. The molecular weight excluding hydrogens is 328 g/mol. The van der Waals surface area contributed by atoms with Gasteiger partial charge in [-0.25, -0.2) is 10.5 Å². The van der Waals surface area contributed by atoms with Crippen LogP contribution in [-0.2, 0) is 13.0 Å². The minimum Gasteiger partial charge on any atom is -0.352 e. The summed E-state index contributed by atoms with van der Waals surface area (Å²) in [5.41, 5.74) is 6.55. The van der Waals surface area contributed by atoms with Gasteiger partial charge in [0.2, 0.25) is 0 Å². The molecule has 0 bridgehead atoms. The van der Waals surface area contributed by atoms with Gasteiger partial charge in [-0.1, -0.05) is 18.2 Å². The quantitative estimate of drug-likeness (QED) is 0.561. The molecule has 6 nitrogen and oxygen atoms in total. The Morgan fingerprint density at radius 2 is 2.00 bits per heavy atom. The van der Waals surface area contributed by atoms with Gasteiger partial charge in [-0.15, -0.1) is 0 Å². The maximum atomic E-state index is 11.4. The summed E-state index contributed by atoms with van der Waals surface area (Å²) in [4.78, 5) is 22.5. The SMILES string of the molecule is O=C(NO)c1ccc(CN2CCc3cc(-c4cccnc4)cnc32)cc1. The highest BCUT2D eigenvalue weighted by molar-refractivity contribution is 5.93. The van der Waals surface area contributed by atoms with Crippen LogP contribution in [0.5, 0.6) is 0 Å². The third-order valence-corrected chi connectivity index (χ3v) is 4.58. The van der Waals surface area contributed by atoms with E-state index in [1.807, 2.05) is 36.7 Å². The summed E-state index contributed by atoms with van der Waals surface area (Å²) in [6.07, 6.45) is 6.46. The summed E-state index contributed by atoms with van der Waals surface area (Å²) < 4.78 is 0. The monoisotopic (exact) mass is 346 g/mol. The summed E-state index contributed by atoms with van der Waals surface area (Å²) >= 11 is 0. The Kier molecular flexibility index (Phi) is 4.33. The van der Waals surface area contributed by atoms with Crippen LogP contribution >= 0.6 is 0 Å². The Balaban J connectivity index is 1.52. The number of aromatic nitrogens is 2. The second kappa shape index (κ2) is 6.93. The van der Waals surface area contributed by atoms with Crippen molar-refractivity contribution in [1.29, 1.82) is 0 Å². The lowest BCUT2D eigenvalue weighted by Gasteiger charge is -2.18. The lowest BCUT2D eigenvalue weighted by molar-refractivity contribution is 0.0706. The molecule has 1 amide bonds. The second-order valence-corrected chi connectivity index (χ2v) is 6.26. The van der Waals surface area contributed by atoms with Crippen LogP contribution in [0.15, 0.2) is 61.1 Å². The zero-order chi connectivity index (χ0) is 17.9. The van der Waals surface area contributed by atoms with E-state index in [-0.39, 0.29) is 0 Å². The third-order valence-electron chi connectivity index (χ3n) is 4.58. The molecule has 6 heteroatoms. The molecule has 4 rings (SSSR count). The Morgan fingerprint density at radius 3 is 2.73 bits per heavy atom. The predicted molar refractivity (Wildman–Crippen MR) is 97.9 cm³/mol. The molecule has 130 valence electrons. The summed E-state index contributed by atoms with van der Waals surface area (Å²) in [7, 11) is 0. The number of amides is 1. The first-order valence-corrected chi connectivity index (χ1v) is 8.42. The van der Waals surface area contributed by atoms with Gasteiger partial charge in [-0.3, -0.25) is 15.0 Å². The maximum Gasteiger partial charge on any atom is 0.274 e. The zero-order valence-corrected chi connectivity index (χ0v) is 14.1. The van der Waals surface area contributed by atoms with E-state index in [0.717, 1.165) is 42.0 Å². The number of anilines is 1. The standard InChI is InChI=1S/C20H18N4O2/c25-20(23-26)15-5-3-14(4-6-15)13-24-9-7-16-10-18(12-22-19(16)24)17-2-1-8-21-11-17/h1-6,8,10-12,26H,7,9,13H2,(H,23,25). The van der Waals surface area contributed by atoms with Gasteiger partial charge in [-0.05, 0) is 41.8 Å². The van der Waals surface area contributed by atoms with Gasteiger partial charge in [0.05, 0.1) is 0 Å². The van der Waals surface area contributed by atoms with Crippen molar-refractivity contribution in [3.05, 3.63) is 77.7 Å². The molecule has 0 aliphatic carbocycles. The molecule has 2 aromatic heterocycles. The molecule has 0 saturated carbocycles. The molecule has 26 heavy (non-hydrogen) atoms. The fraction of sp³-hybridized carbons (Fsp3) is 0.150. The summed E-state index contributed by atoms with van der Waals surface area (Å²) in [5.74, 6) is 0.502. The fourth-order valence-electron chi connectivity index (χ4n) is 3.22. The molecule has 2 N–H and O–H groups in total. The van der Waals surface area contributed by atoms with E-state index >= 15 is 0 Å². The van der Waals surface area contributed by atoms with E-state index in [0.29, 0.717) is 5.56 Å². The van der Waals surface area contributed by atoms with Gasteiger partial charge >= 0.3 is 0 Å². The molecule has 3 heterocycles. The Morgan fingerprint density at radius 1 is 1.15 bits per heavy atom. The van der Waals surface area contributed by atoms with Crippen molar-refractivity contribution < 1.29 is 10.0 Å². The van der Waals surface area contributed by atoms with Crippen LogP contribution in [0.1, 0.15) is 21.5 Å². The predicted octanol–water partition coefficient (Wildman–Crippen LogP) is 2.83. The smallest absolute Gasteiger partial charge is 0.274 e. The van der Waals surface area contributed by atoms with Crippen molar-refractivity contribution in [2.24, 2.45) is 0 Å². The van der Waals surface area contributed by atoms with Crippen LogP contribution in [0.2, 0.25) is 0 Å². The largest absolute Gasteiger partial charge is 0.352 e. The van der Waals surface area contributed by atoms with Gasteiger partial charge in [0, 0.05) is 48.4 Å². The highest BCUT2D eigenvalue weighted by Crippen LogP contribution is 2.30. The molecule has 0 saturated heterocycles. The molecule has 3 aromatic rings. The van der Waals surface area contributed by atoms with Crippen molar-refractivity contribution in [2.45, 2.75) is 13.0 Å². The maximum absolute atomic E-state index is 11.4. The lowest BCUT2D eigenvalue weighted by Crippen LogP contribution is -2.21. The van der Waals surface area contributed by atoms with E-state index < -0.39 is 5.91 Å². The molecule has 0 unspecified atom stereocenters. The van der Waals surface area contributed by atoms with Gasteiger partial charge in [0.1, 0.15) is 5.82 Å². The average Bonchev–Trinajstić information content (AvgIpc) is 3.10. The molecule has 0 fully saturated rings. The molecule has 1 aromatic carbocycles. The molecule has 0 atom stereocenters. The van der Waals surface area contributed by atoms with Crippen molar-refractivity contribution in [2.75, 3.05) is 11.4 Å². The van der Waals surface area contributed by atoms with Crippen LogP contribution in [0.25, 0.3) is 11.1 Å². The Labute approximate surface area is 151 Å². The van der Waals surface area contributed by atoms with Crippen molar-refractivity contribution in [3.8, 4) is 11.1 Å². The number of hydrogen-bond acceptors (Lipinski definition) is 5. The highest BCUT2D eigenvalue weighted by atomic mass is 16.5. The van der Waals surface area contributed by atoms with Gasteiger partial charge in [0.25, 0.3) is 5.91 Å². The first-order valence-electron chi connectivity index (χ1n) is 8.42. The van der Waals surface area contributed by atoms with Crippen molar-refractivity contribution >= 4 is 11.7 Å². The van der Waals surface area contributed by atoms with Crippen LogP contribution in [0.3, 0.4) is 0 Å². The van der Waals surface area contributed by atoms with Gasteiger partial charge in [0.15, 0.2) is 0 Å². The minimum atomic E-state index is -0.507.